The molecular weight excluding hydrogens is 248 g/mol. The maximum atomic E-state index is 9.92. The molecule has 1 aromatic rings. The van der Waals surface area contributed by atoms with Crippen molar-refractivity contribution in [2.45, 2.75) is 6.92 Å². The van der Waals surface area contributed by atoms with Gasteiger partial charge in [0.15, 0.2) is 0 Å². The minimum atomic E-state index is -0.935. The first-order valence-electron chi connectivity index (χ1n) is 5.26. The Balaban J connectivity index is 0.000000257. The standard InChI is InChI=1S/C6H6.C4H2O3.C4H6O2/c1-2-4-6-5-3-1;5-3-1-2-4(6)7-3;1-3(2)4(5)6/h1-6H;1-2H;1H2,2H3,(H,5,6). The van der Waals surface area contributed by atoms with Crippen LogP contribution in [0.4, 0.5) is 0 Å². The second-order valence-electron chi connectivity index (χ2n) is 3.31. The van der Waals surface area contributed by atoms with Crippen LogP contribution < -0.4 is 0 Å². The number of hydrogen-bond donors (Lipinski definition) is 1. The normalized spacial score (nSPS) is 11.4. The third-order valence-corrected chi connectivity index (χ3v) is 1.59. The largest absolute Gasteiger partial charge is 0.478 e. The van der Waals surface area contributed by atoms with Crippen molar-refractivity contribution in [3.63, 3.8) is 0 Å². The molecule has 19 heavy (non-hydrogen) atoms. The van der Waals surface area contributed by atoms with Crippen molar-refractivity contribution in [3.05, 3.63) is 60.7 Å². The van der Waals surface area contributed by atoms with E-state index in [1.807, 2.05) is 36.4 Å². The van der Waals surface area contributed by atoms with Crippen LogP contribution in [-0.2, 0) is 19.1 Å². The molecular formula is C14H14O5. The van der Waals surface area contributed by atoms with Gasteiger partial charge in [0, 0.05) is 17.7 Å². The summed E-state index contributed by atoms with van der Waals surface area (Å²) in [6, 6.07) is 12.0. The minimum absolute atomic E-state index is 0.176. The summed E-state index contributed by atoms with van der Waals surface area (Å²) in [7, 11) is 0. The maximum Gasteiger partial charge on any atom is 0.338 e. The quantitative estimate of drug-likeness (QED) is 0.475. The zero-order chi connectivity index (χ0) is 14.7. The van der Waals surface area contributed by atoms with Crippen molar-refractivity contribution >= 4 is 17.9 Å². The van der Waals surface area contributed by atoms with Gasteiger partial charge in [-0.15, -0.1) is 0 Å². The molecule has 0 saturated heterocycles. The van der Waals surface area contributed by atoms with E-state index in [1.165, 1.54) is 6.92 Å². The van der Waals surface area contributed by atoms with Gasteiger partial charge >= 0.3 is 17.9 Å². The van der Waals surface area contributed by atoms with E-state index >= 15 is 0 Å². The molecule has 0 atom stereocenters. The van der Waals surface area contributed by atoms with Crippen LogP contribution in [0.5, 0.6) is 0 Å². The lowest BCUT2D eigenvalue weighted by Gasteiger charge is -1.80. The Labute approximate surface area is 110 Å². The van der Waals surface area contributed by atoms with Gasteiger partial charge in [-0.3, -0.25) is 0 Å². The topological polar surface area (TPSA) is 80.7 Å². The number of rotatable bonds is 1. The van der Waals surface area contributed by atoms with Gasteiger partial charge in [-0.1, -0.05) is 43.0 Å². The number of esters is 2. The molecule has 0 aliphatic carbocycles. The smallest absolute Gasteiger partial charge is 0.338 e. The Morgan fingerprint density at radius 3 is 1.37 bits per heavy atom. The zero-order valence-corrected chi connectivity index (χ0v) is 10.4. The highest BCUT2D eigenvalue weighted by atomic mass is 16.6. The van der Waals surface area contributed by atoms with E-state index in [0.717, 1.165) is 12.2 Å². The molecule has 0 aromatic heterocycles. The average molecular weight is 262 g/mol. The second-order valence-corrected chi connectivity index (χ2v) is 3.31. The fourth-order valence-electron chi connectivity index (χ4n) is 0.688. The molecule has 100 valence electrons. The summed E-state index contributed by atoms with van der Waals surface area (Å²) in [5.74, 6) is -2.09. The third kappa shape index (κ3) is 10.2. The molecule has 0 saturated carbocycles. The van der Waals surface area contributed by atoms with Crippen LogP contribution in [0.3, 0.4) is 0 Å². The van der Waals surface area contributed by atoms with E-state index in [1.54, 1.807) is 0 Å². The molecule has 0 bridgehead atoms. The van der Waals surface area contributed by atoms with Crippen molar-refractivity contribution in [2.24, 2.45) is 0 Å². The van der Waals surface area contributed by atoms with Gasteiger partial charge in [-0.05, 0) is 6.92 Å². The van der Waals surface area contributed by atoms with Gasteiger partial charge < -0.3 is 9.84 Å². The van der Waals surface area contributed by atoms with Gasteiger partial charge in [0.1, 0.15) is 0 Å². The van der Waals surface area contributed by atoms with Crippen molar-refractivity contribution in [1.82, 2.24) is 0 Å². The Morgan fingerprint density at radius 1 is 1.00 bits per heavy atom. The van der Waals surface area contributed by atoms with Crippen LogP contribution in [-0.4, -0.2) is 23.0 Å². The number of carboxylic acids is 1. The van der Waals surface area contributed by atoms with E-state index in [2.05, 4.69) is 11.3 Å². The highest BCUT2D eigenvalue weighted by molar-refractivity contribution is 6.04. The number of hydrogen-bond acceptors (Lipinski definition) is 4. The fourth-order valence-corrected chi connectivity index (χ4v) is 0.688. The van der Waals surface area contributed by atoms with E-state index in [-0.39, 0.29) is 5.57 Å². The van der Waals surface area contributed by atoms with Crippen LogP contribution in [0, 0.1) is 0 Å². The Hall–Kier alpha value is -2.69. The van der Waals surface area contributed by atoms with Gasteiger partial charge in [0.2, 0.25) is 0 Å². The molecule has 5 heteroatoms. The first kappa shape index (κ1) is 16.3. The summed E-state index contributed by atoms with van der Waals surface area (Å²) in [6.45, 7) is 4.60. The zero-order valence-electron chi connectivity index (χ0n) is 10.4. The van der Waals surface area contributed by atoms with Gasteiger partial charge in [0.25, 0.3) is 0 Å². The molecule has 1 heterocycles. The molecule has 5 nitrogen and oxygen atoms in total. The summed E-state index contributed by atoms with van der Waals surface area (Å²) in [6.07, 6.45) is 2.17. The van der Waals surface area contributed by atoms with Crippen LogP contribution >= 0.6 is 0 Å². The highest BCUT2D eigenvalue weighted by Crippen LogP contribution is 1.92. The number of benzene rings is 1. The monoisotopic (exact) mass is 262 g/mol. The maximum absolute atomic E-state index is 9.92. The van der Waals surface area contributed by atoms with E-state index in [4.69, 9.17) is 5.11 Å². The Kier molecular flexibility index (Phi) is 8.03. The fraction of sp³-hybridized carbons (Fsp3) is 0.0714. The summed E-state index contributed by atoms with van der Waals surface area (Å²) >= 11 is 0. The molecule has 0 amide bonds. The molecule has 1 aliphatic rings. The molecule has 2 rings (SSSR count). The van der Waals surface area contributed by atoms with Gasteiger partial charge in [0.05, 0.1) is 0 Å². The minimum Gasteiger partial charge on any atom is -0.478 e. The summed E-state index contributed by atoms with van der Waals surface area (Å²) in [4.78, 5) is 29.4. The lowest BCUT2D eigenvalue weighted by molar-refractivity contribution is -0.150. The number of ether oxygens (including phenoxy) is 1. The van der Waals surface area contributed by atoms with Crippen LogP contribution in [0.15, 0.2) is 60.7 Å². The average Bonchev–Trinajstić information content (AvgIpc) is 2.76. The second kappa shape index (κ2) is 9.35. The van der Waals surface area contributed by atoms with Gasteiger partial charge in [-0.2, -0.15) is 0 Å². The van der Waals surface area contributed by atoms with Gasteiger partial charge in [-0.25, -0.2) is 14.4 Å². The SMILES string of the molecule is C=C(C)C(=O)O.O=C1C=CC(=O)O1.c1ccccc1. The van der Waals surface area contributed by atoms with Crippen molar-refractivity contribution in [1.29, 1.82) is 0 Å². The molecule has 0 radical (unpaired) electrons. The molecule has 1 N–H and O–H groups in total. The van der Waals surface area contributed by atoms with Crippen molar-refractivity contribution in [3.8, 4) is 0 Å². The molecule has 0 fully saturated rings. The molecule has 0 unspecified atom stereocenters. The van der Waals surface area contributed by atoms with E-state index in [0.29, 0.717) is 0 Å². The molecule has 1 aromatic carbocycles. The lowest BCUT2D eigenvalue weighted by Crippen LogP contribution is -1.96. The Bertz CT molecular complexity index is 419. The first-order chi connectivity index (χ1) is 8.93. The third-order valence-electron chi connectivity index (χ3n) is 1.59. The summed E-state index contributed by atoms with van der Waals surface area (Å²) in [5, 5.41) is 7.89. The summed E-state index contributed by atoms with van der Waals surface area (Å²) < 4.78 is 3.97. The number of carboxylic acid groups (broad SMARTS) is 1. The lowest BCUT2D eigenvalue weighted by atomic mass is 10.4. The summed E-state index contributed by atoms with van der Waals surface area (Å²) in [5.41, 5.74) is 0.176. The first-order valence-corrected chi connectivity index (χ1v) is 5.26. The predicted octanol–water partition coefficient (Wildman–Crippen LogP) is 1.96. The number of aliphatic carboxylic acids is 1. The predicted molar refractivity (Wildman–Crippen MR) is 69.1 cm³/mol. The van der Waals surface area contributed by atoms with E-state index in [9.17, 15) is 14.4 Å². The molecule has 1 aliphatic heterocycles. The highest BCUT2D eigenvalue weighted by Gasteiger charge is 2.10. The number of carbonyl (C=O) groups is 3. The molecule has 0 spiro atoms. The van der Waals surface area contributed by atoms with Crippen molar-refractivity contribution < 1.29 is 24.2 Å². The van der Waals surface area contributed by atoms with E-state index < -0.39 is 17.9 Å². The number of carbonyl (C=O) groups excluding carboxylic acids is 2. The van der Waals surface area contributed by atoms with Crippen molar-refractivity contribution in [2.75, 3.05) is 0 Å². The Morgan fingerprint density at radius 2 is 1.26 bits per heavy atom. The van der Waals surface area contributed by atoms with Crippen LogP contribution in [0.2, 0.25) is 0 Å². The van der Waals surface area contributed by atoms with Crippen LogP contribution in [0.25, 0.3) is 0 Å². The number of cyclic esters (lactones) is 2. The van der Waals surface area contributed by atoms with Crippen LogP contribution in [0.1, 0.15) is 6.92 Å².